The SMILES string of the molecule is CCn1nnc2c(C)c(C(CC(=O)OC)c3ccc(C)c(CCl)c3)ccc21. The van der Waals surface area contributed by atoms with E-state index in [4.69, 9.17) is 16.3 Å². The Morgan fingerprint density at radius 1 is 1.26 bits per heavy atom. The maximum atomic E-state index is 12.1. The van der Waals surface area contributed by atoms with Crippen molar-refractivity contribution in [2.75, 3.05) is 7.11 Å². The van der Waals surface area contributed by atoms with Crippen LogP contribution in [-0.4, -0.2) is 28.1 Å². The van der Waals surface area contributed by atoms with Crippen LogP contribution in [0, 0.1) is 13.8 Å². The monoisotopic (exact) mass is 385 g/mol. The van der Waals surface area contributed by atoms with Gasteiger partial charge in [-0.1, -0.05) is 29.5 Å². The topological polar surface area (TPSA) is 57.0 Å². The highest BCUT2D eigenvalue weighted by Gasteiger charge is 2.23. The highest BCUT2D eigenvalue weighted by atomic mass is 35.5. The zero-order valence-corrected chi connectivity index (χ0v) is 16.9. The second-order valence-corrected chi connectivity index (χ2v) is 6.97. The summed E-state index contributed by atoms with van der Waals surface area (Å²) in [7, 11) is 1.42. The van der Waals surface area contributed by atoms with Gasteiger partial charge in [-0.15, -0.1) is 16.7 Å². The molecule has 0 aliphatic rings. The highest BCUT2D eigenvalue weighted by molar-refractivity contribution is 6.17. The summed E-state index contributed by atoms with van der Waals surface area (Å²) in [6.45, 7) is 6.87. The van der Waals surface area contributed by atoms with Gasteiger partial charge < -0.3 is 4.74 Å². The van der Waals surface area contributed by atoms with Gasteiger partial charge in [0.2, 0.25) is 0 Å². The van der Waals surface area contributed by atoms with Crippen LogP contribution in [0.25, 0.3) is 11.0 Å². The molecule has 0 N–H and O–H groups in total. The van der Waals surface area contributed by atoms with Crippen LogP contribution >= 0.6 is 11.6 Å². The summed E-state index contributed by atoms with van der Waals surface area (Å²) in [4.78, 5) is 12.1. The minimum absolute atomic E-state index is 0.129. The summed E-state index contributed by atoms with van der Waals surface area (Å²) >= 11 is 6.10. The molecule has 0 aliphatic heterocycles. The summed E-state index contributed by atoms with van der Waals surface area (Å²) in [6.07, 6.45) is 0.259. The van der Waals surface area contributed by atoms with Gasteiger partial charge in [-0.05, 0) is 54.7 Å². The molecule has 1 heterocycles. The molecule has 27 heavy (non-hydrogen) atoms. The number of ether oxygens (including phenoxy) is 1. The smallest absolute Gasteiger partial charge is 0.306 e. The first-order valence-electron chi connectivity index (χ1n) is 9.05. The van der Waals surface area contributed by atoms with E-state index in [1.807, 2.05) is 31.5 Å². The Balaban J connectivity index is 2.15. The fourth-order valence-electron chi connectivity index (χ4n) is 3.50. The number of nitrogens with zero attached hydrogens (tertiary/aromatic N) is 3. The van der Waals surface area contributed by atoms with Gasteiger partial charge in [0.25, 0.3) is 0 Å². The van der Waals surface area contributed by atoms with Crippen LogP contribution in [0.2, 0.25) is 0 Å². The summed E-state index contributed by atoms with van der Waals surface area (Å²) < 4.78 is 6.83. The molecular formula is C21H24ClN3O2. The van der Waals surface area contributed by atoms with Gasteiger partial charge in [-0.25, -0.2) is 4.68 Å². The van der Waals surface area contributed by atoms with Crippen molar-refractivity contribution in [3.63, 3.8) is 0 Å². The fourth-order valence-corrected chi connectivity index (χ4v) is 3.79. The van der Waals surface area contributed by atoms with Crippen molar-refractivity contribution in [2.45, 2.75) is 45.5 Å². The first-order chi connectivity index (χ1) is 13.0. The third-order valence-electron chi connectivity index (χ3n) is 5.18. The van der Waals surface area contributed by atoms with Crippen LogP contribution in [0.1, 0.15) is 47.1 Å². The molecule has 0 radical (unpaired) electrons. The number of methoxy groups -OCH3 is 1. The average molecular weight is 386 g/mol. The zero-order chi connectivity index (χ0) is 19.6. The number of hydrogen-bond acceptors (Lipinski definition) is 4. The van der Waals surface area contributed by atoms with E-state index >= 15 is 0 Å². The van der Waals surface area contributed by atoms with Crippen LogP contribution in [0.4, 0.5) is 0 Å². The van der Waals surface area contributed by atoms with E-state index in [9.17, 15) is 4.79 Å². The largest absolute Gasteiger partial charge is 0.469 e. The third kappa shape index (κ3) is 3.69. The second-order valence-electron chi connectivity index (χ2n) is 6.71. The van der Waals surface area contributed by atoms with Gasteiger partial charge in [-0.3, -0.25) is 4.79 Å². The van der Waals surface area contributed by atoms with Gasteiger partial charge in [-0.2, -0.15) is 0 Å². The standard InChI is InChI=1S/C21H24ClN3O2/c1-5-25-19-9-8-17(14(3)21(19)23-24-25)18(11-20(26)27-4)15-7-6-13(2)16(10-15)12-22/h6-10,18H,5,11-12H2,1-4H3. The molecule has 0 saturated heterocycles. The molecule has 0 fully saturated rings. The summed E-state index contributed by atoms with van der Waals surface area (Å²) in [6, 6.07) is 10.3. The van der Waals surface area contributed by atoms with Crippen LogP contribution in [0.5, 0.6) is 0 Å². The summed E-state index contributed by atoms with van der Waals surface area (Å²) in [5.41, 5.74) is 7.22. The maximum absolute atomic E-state index is 12.1. The molecule has 3 aromatic rings. The Kier molecular flexibility index (Phi) is 5.80. The van der Waals surface area contributed by atoms with Crippen molar-refractivity contribution in [1.29, 1.82) is 0 Å². The quantitative estimate of drug-likeness (QED) is 0.463. The van der Waals surface area contributed by atoms with Gasteiger partial charge in [0.1, 0.15) is 5.52 Å². The molecule has 0 spiro atoms. The Bertz CT molecular complexity index is 981. The molecule has 0 saturated carbocycles. The van der Waals surface area contributed by atoms with Crippen molar-refractivity contribution in [3.8, 4) is 0 Å². The second kappa shape index (κ2) is 8.09. The van der Waals surface area contributed by atoms with Crippen molar-refractivity contribution in [1.82, 2.24) is 15.0 Å². The minimum Gasteiger partial charge on any atom is -0.469 e. The number of alkyl halides is 1. The van der Waals surface area contributed by atoms with Crippen LogP contribution < -0.4 is 0 Å². The number of carbonyl (C=O) groups is 1. The number of hydrogen-bond donors (Lipinski definition) is 0. The van der Waals surface area contributed by atoms with Gasteiger partial charge in [0, 0.05) is 18.3 Å². The Morgan fingerprint density at radius 2 is 2.04 bits per heavy atom. The van der Waals surface area contributed by atoms with E-state index in [0.29, 0.717) is 5.88 Å². The van der Waals surface area contributed by atoms with E-state index in [-0.39, 0.29) is 18.3 Å². The normalized spacial score (nSPS) is 12.3. The predicted molar refractivity (Wildman–Crippen MR) is 107 cm³/mol. The number of rotatable bonds is 6. The number of carbonyl (C=O) groups excluding carboxylic acids is 1. The third-order valence-corrected chi connectivity index (χ3v) is 5.46. The Labute approximate surface area is 164 Å². The average Bonchev–Trinajstić information content (AvgIpc) is 3.11. The van der Waals surface area contributed by atoms with E-state index in [2.05, 4.69) is 34.6 Å². The Morgan fingerprint density at radius 3 is 2.70 bits per heavy atom. The Hall–Kier alpha value is -2.40. The van der Waals surface area contributed by atoms with Crippen LogP contribution in [-0.2, 0) is 22.0 Å². The fraction of sp³-hybridized carbons (Fsp3) is 0.381. The molecule has 5 nitrogen and oxygen atoms in total. The minimum atomic E-state index is -0.246. The molecule has 0 aliphatic carbocycles. The summed E-state index contributed by atoms with van der Waals surface area (Å²) in [5, 5.41) is 8.57. The van der Waals surface area contributed by atoms with Crippen molar-refractivity contribution in [2.24, 2.45) is 0 Å². The molecular weight excluding hydrogens is 362 g/mol. The molecule has 1 unspecified atom stereocenters. The van der Waals surface area contributed by atoms with Gasteiger partial charge in [0.05, 0.1) is 19.0 Å². The molecule has 0 bridgehead atoms. The van der Waals surface area contributed by atoms with E-state index in [1.165, 1.54) is 7.11 Å². The molecule has 6 heteroatoms. The number of fused-ring (bicyclic) bond motifs is 1. The van der Waals surface area contributed by atoms with Crippen LogP contribution in [0.15, 0.2) is 30.3 Å². The molecule has 1 atom stereocenters. The number of benzene rings is 2. The highest BCUT2D eigenvalue weighted by Crippen LogP contribution is 2.34. The zero-order valence-electron chi connectivity index (χ0n) is 16.1. The molecule has 3 rings (SSSR count). The molecule has 2 aromatic carbocycles. The lowest BCUT2D eigenvalue weighted by molar-refractivity contribution is -0.140. The number of esters is 1. The van der Waals surface area contributed by atoms with Gasteiger partial charge >= 0.3 is 5.97 Å². The van der Waals surface area contributed by atoms with Gasteiger partial charge in [0.15, 0.2) is 0 Å². The first kappa shape index (κ1) is 19.4. The molecule has 1 aromatic heterocycles. The molecule has 142 valence electrons. The molecule has 0 amide bonds. The van der Waals surface area contributed by atoms with E-state index in [1.54, 1.807) is 0 Å². The van der Waals surface area contributed by atoms with Crippen molar-refractivity contribution in [3.05, 3.63) is 58.1 Å². The van der Waals surface area contributed by atoms with E-state index in [0.717, 1.165) is 45.4 Å². The lowest BCUT2D eigenvalue weighted by Crippen LogP contribution is -2.12. The maximum Gasteiger partial charge on any atom is 0.306 e. The van der Waals surface area contributed by atoms with E-state index < -0.39 is 0 Å². The number of aryl methyl sites for hydroxylation is 3. The van der Waals surface area contributed by atoms with Crippen molar-refractivity contribution >= 4 is 28.6 Å². The lowest BCUT2D eigenvalue weighted by Gasteiger charge is -2.20. The number of aromatic nitrogens is 3. The van der Waals surface area contributed by atoms with Crippen molar-refractivity contribution < 1.29 is 9.53 Å². The lowest BCUT2D eigenvalue weighted by atomic mass is 9.84. The number of halogens is 1. The van der Waals surface area contributed by atoms with Crippen LogP contribution in [0.3, 0.4) is 0 Å². The summed E-state index contributed by atoms with van der Waals surface area (Å²) in [5.74, 6) is 0.0638. The predicted octanol–water partition coefficient (Wildman–Crippen LogP) is 4.50. The first-order valence-corrected chi connectivity index (χ1v) is 9.58.